The number of benzene rings is 1. The molecular formula is C18H25NO2. The Morgan fingerprint density at radius 2 is 1.86 bits per heavy atom. The van der Waals surface area contributed by atoms with Crippen molar-refractivity contribution in [1.82, 2.24) is 5.32 Å². The Hall–Kier alpha value is -1.22. The van der Waals surface area contributed by atoms with Gasteiger partial charge >= 0.3 is 0 Å². The SMILES string of the molecule is CCCNC(c1ccc2c(c1)OCCO2)C1CC2CC2C1. The Balaban J connectivity index is 1.56. The molecule has 3 atom stereocenters. The van der Waals surface area contributed by atoms with Crippen molar-refractivity contribution >= 4 is 0 Å². The second-order valence-corrected chi connectivity index (χ2v) is 6.82. The van der Waals surface area contributed by atoms with Crippen molar-refractivity contribution in [2.24, 2.45) is 17.8 Å². The lowest BCUT2D eigenvalue weighted by molar-refractivity contribution is 0.171. The summed E-state index contributed by atoms with van der Waals surface area (Å²) in [5, 5.41) is 3.78. The molecule has 0 bridgehead atoms. The van der Waals surface area contributed by atoms with E-state index < -0.39 is 0 Å². The predicted octanol–water partition coefficient (Wildman–Crippen LogP) is 3.54. The van der Waals surface area contributed by atoms with E-state index in [4.69, 9.17) is 9.47 Å². The van der Waals surface area contributed by atoms with Gasteiger partial charge < -0.3 is 14.8 Å². The molecule has 3 unspecified atom stereocenters. The van der Waals surface area contributed by atoms with Crippen molar-refractivity contribution < 1.29 is 9.47 Å². The van der Waals surface area contributed by atoms with E-state index in [1.165, 1.54) is 31.2 Å². The van der Waals surface area contributed by atoms with E-state index >= 15 is 0 Å². The summed E-state index contributed by atoms with van der Waals surface area (Å²) in [7, 11) is 0. The van der Waals surface area contributed by atoms with Crippen LogP contribution in [0.2, 0.25) is 0 Å². The molecule has 3 nitrogen and oxygen atoms in total. The lowest BCUT2D eigenvalue weighted by atomic mass is 9.88. The van der Waals surface area contributed by atoms with Crippen LogP contribution in [0.15, 0.2) is 18.2 Å². The minimum Gasteiger partial charge on any atom is -0.486 e. The highest BCUT2D eigenvalue weighted by Crippen LogP contribution is 2.57. The third-order valence-corrected chi connectivity index (χ3v) is 5.29. The first-order valence-corrected chi connectivity index (χ1v) is 8.48. The molecule has 21 heavy (non-hydrogen) atoms. The quantitative estimate of drug-likeness (QED) is 0.898. The zero-order valence-corrected chi connectivity index (χ0v) is 12.8. The molecule has 3 aliphatic rings. The summed E-state index contributed by atoms with van der Waals surface area (Å²) >= 11 is 0. The predicted molar refractivity (Wildman–Crippen MR) is 82.8 cm³/mol. The van der Waals surface area contributed by atoms with Crippen LogP contribution in [0.3, 0.4) is 0 Å². The molecule has 1 N–H and O–H groups in total. The minimum absolute atomic E-state index is 0.480. The van der Waals surface area contributed by atoms with Crippen molar-refractivity contribution in [3.8, 4) is 11.5 Å². The maximum Gasteiger partial charge on any atom is 0.161 e. The summed E-state index contributed by atoms with van der Waals surface area (Å²) in [4.78, 5) is 0. The lowest BCUT2D eigenvalue weighted by Crippen LogP contribution is -2.28. The van der Waals surface area contributed by atoms with Crippen LogP contribution in [0, 0.1) is 17.8 Å². The number of nitrogens with one attached hydrogen (secondary N) is 1. The van der Waals surface area contributed by atoms with Crippen LogP contribution < -0.4 is 14.8 Å². The van der Waals surface area contributed by atoms with Gasteiger partial charge in [-0.15, -0.1) is 0 Å². The van der Waals surface area contributed by atoms with E-state index in [-0.39, 0.29) is 0 Å². The molecule has 1 aliphatic heterocycles. The molecule has 0 amide bonds. The minimum atomic E-state index is 0.480. The van der Waals surface area contributed by atoms with Crippen molar-refractivity contribution in [1.29, 1.82) is 0 Å². The maximum absolute atomic E-state index is 5.76. The summed E-state index contributed by atoms with van der Waals surface area (Å²) in [6, 6.07) is 6.99. The lowest BCUT2D eigenvalue weighted by Gasteiger charge is -2.28. The molecule has 0 saturated heterocycles. The summed E-state index contributed by atoms with van der Waals surface area (Å²) in [6.45, 7) is 4.65. The van der Waals surface area contributed by atoms with E-state index in [0.717, 1.165) is 35.8 Å². The van der Waals surface area contributed by atoms with Gasteiger partial charge in [0.25, 0.3) is 0 Å². The second kappa shape index (κ2) is 5.53. The first-order valence-electron chi connectivity index (χ1n) is 8.48. The first kappa shape index (κ1) is 13.4. The standard InChI is InChI=1S/C18H25NO2/c1-2-5-19-18(15-9-13-8-14(13)10-15)12-3-4-16-17(11-12)21-7-6-20-16/h3-4,11,13-15,18-19H,2,5-10H2,1H3. The van der Waals surface area contributed by atoms with Crippen molar-refractivity contribution in [2.45, 2.75) is 38.6 Å². The smallest absolute Gasteiger partial charge is 0.161 e. The monoisotopic (exact) mass is 287 g/mol. The van der Waals surface area contributed by atoms with Gasteiger partial charge in [-0.3, -0.25) is 0 Å². The third kappa shape index (κ3) is 2.64. The molecule has 1 heterocycles. The molecule has 114 valence electrons. The Bertz CT molecular complexity index is 506. The number of rotatable bonds is 5. The van der Waals surface area contributed by atoms with E-state index in [0.29, 0.717) is 19.3 Å². The number of hydrogen-bond acceptors (Lipinski definition) is 3. The van der Waals surface area contributed by atoms with Crippen LogP contribution >= 0.6 is 0 Å². The third-order valence-electron chi connectivity index (χ3n) is 5.29. The molecule has 0 aromatic heterocycles. The summed E-state index contributed by atoms with van der Waals surface area (Å²) in [6.07, 6.45) is 5.47. The van der Waals surface area contributed by atoms with E-state index in [1.54, 1.807) is 0 Å². The van der Waals surface area contributed by atoms with Crippen molar-refractivity contribution in [3.05, 3.63) is 23.8 Å². The summed E-state index contributed by atoms with van der Waals surface area (Å²) in [5.41, 5.74) is 1.37. The zero-order chi connectivity index (χ0) is 14.2. The van der Waals surface area contributed by atoms with Gasteiger partial charge in [0.1, 0.15) is 13.2 Å². The van der Waals surface area contributed by atoms with Crippen LogP contribution in [-0.2, 0) is 0 Å². The van der Waals surface area contributed by atoms with E-state index in [2.05, 4.69) is 30.4 Å². The molecule has 1 aromatic rings. The summed E-state index contributed by atoms with van der Waals surface area (Å²) < 4.78 is 11.4. The fourth-order valence-electron chi connectivity index (χ4n) is 4.14. The van der Waals surface area contributed by atoms with Crippen LogP contribution in [0.4, 0.5) is 0 Å². The highest BCUT2D eigenvalue weighted by molar-refractivity contribution is 5.45. The van der Waals surface area contributed by atoms with Gasteiger partial charge in [-0.1, -0.05) is 13.0 Å². The highest BCUT2D eigenvalue weighted by atomic mass is 16.6. The Morgan fingerprint density at radius 1 is 1.10 bits per heavy atom. The topological polar surface area (TPSA) is 30.5 Å². The van der Waals surface area contributed by atoms with Gasteiger partial charge in [0.05, 0.1) is 0 Å². The van der Waals surface area contributed by atoms with Gasteiger partial charge in [0, 0.05) is 6.04 Å². The maximum atomic E-state index is 5.76. The highest BCUT2D eigenvalue weighted by Gasteiger charge is 2.48. The van der Waals surface area contributed by atoms with Crippen molar-refractivity contribution in [3.63, 3.8) is 0 Å². The average molecular weight is 287 g/mol. The van der Waals surface area contributed by atoms with Gasteiger partial charge in [0.2, 0.25) is 0 Å². The van der Waals surface area contributed by atoms with Gasteiger partial charge in [-0.2, -0.15) is 0 Å². The van der Waals surface area contributed by atoms with Crippen molar-refractivity contribution in [2.75, 3.05) is 19.8 Å². The van der Waals surface area contributed by atoms with Crippen LogP contribution in [0.5, 0.6) is 11.5 Å². The van der Waals surface area contributed by atoms with Crippen LogP contribution in [-0.4, -0.2) is 19.8 Å². The summed E-state index contributed by atoms with van der Waals surface area (Å²) in [5.74, 6) is 4.66. The Labute approximate surface area is 127 Å². The van der Waals surface area contributed by atoms with Gasteiger partial charge in [-0.25, -0.2) is 0 Å². The largest absolute Gasteiger partial charge is 0.486 e. The molecule has 3 heteroatoms. The Kier molecular flexibility index (Phi) is 3.54. The zero-order valence-electron chi connectivity index (χ0n) is 12.8. The van der Waals surface area contributed by atoms with Gasteiger partial charge in [0.15, 0.2) is 11.5 Å². The normalized spacial score (nSPS) is 30.8. The average Bonchev–Trinajstić information content (AvgIpc) is 3.14. The molecule has 0 spiro atoms. The molecule has 2 saturated carbocycles. The molecule has 1 aromatic carbocycles. The molecular weight excluding hydrogens is 262 g/mol. The van der Waals surface area contributed by atoms with E-state index in [1.807, 2.05) is 0 Å². The van der Waals surface area contributed by atoms with Crippen LogP contribution in [0.1, 0.15) is 44.2 Å². The first-order chi connectivity index (χ1) is 10.3. The molecule has 4 rings (SSSR count). The fourth-order valence-corrected chi connectivity index (χ4v) is 4.14. The number of ether oxygens (including phenoxy) is 2. The fraction of sp³-hybridized carbons (Fsp3) is 0.667. The number of hydrogen-bond donors (Lipinski definition) is 1. The van der Waals surface area contributed by atoms with Crippen LogP contribution in [0.25, 0.3) is 0 Å². The number of fused-ring (bicyclic) bond motifs is 2. The molecule has 2 fully saturated rings. The van der Waals surface area contributed by atoms with Gasteiger partial charge in [-0.05, 0) is 67.7 Å². The molecule has 0 radical (unpaired) electrons. The Morgan fingerprint density at radius 3 is 2.62 bits per heavy atom. The van der Waals surface area contributed by atoms with E-state index in [9.17, 15) is 0 Å². The molecule has 2 aliphatic carbocycles. The second-order valence-electron chi connectivity index (χ2n) is 6.82.